The van der Waals surface area contributed by atoms with Gasteiger partial charge in [0.05, 0.1) is 12.7 Å². The van der Waals surface area contributed by atoms with Crippen LogP contribution < -0.4 is 4.74 Å². The number of hydrogen-bond acceptors (Lipinski definition) is 4. The normalized spacial score (nSPS) is 10.4. The molecule has 0 spiro atoms. The van der Waals surface area contributed by atoms with Gasteiger partial charge in [-0.2, -0.15) is 0 Å². The monoisotopic (exact) mass is 219 g/mol. The third kappa shape index (κ3) is 2.12. The molecule has 15 heavy (non-hydrogen) atoms. The summed E-state index contributed by atoms with van der Waals surface area (Å²) in [5.74, 6) is -2.62. The van der Waals surface area contributed by atoms with Gasteiger partial charge < -0.3 is 14.9 Å². The van der Waals surface area contributed by atoms with E-state index in [1.165, 1.54) is 0 Å². The number of aromatic carboxylic acids is 1. The van der Waals surface area contributed by atoms with Crippen molar-refractivity contribution >= 4 is 5.97 Å². The molecular formula is C8H7F2NO4. The van der Waals surface area contributed by atoms with Gasteiger partial charge in [0, 0.05) is 6.07 Å². The molecule has 7 heteroatoms. The second-order valence-electron chi connectivity index (χ2n) is 2.56. The number of carbonyl (C=O) groups is 1. The van der Waals surface area contributed by atoms with Gasteiger partial charge in [-0.25, -0.2) is 18.6 Å². The first-order valence-corrected chi connectivity index (χ1v) is 3.76. The molecule has 0 unspecified atom stereocenters. The number of hydrogen-bond donors (Lipinski definition) is 2. The van der Waals surface area contributed by atoms with E-state index in [1.54, 1.807) is 0 Å². The minimum atomic E-state index is -3.05. The Hall–Kier alpha value is -1.92. The zero-order valence-corrected chi connectivity index (χ0v) is 7.57. The maximum Gasteiger partial charge on any atom is 0.337 e. The largest absolute Gasteiger partial charge is 0.503 e. The lowest BCUT2D eigenvalue weighted by Gasteiger charge is -2.08. The van der Waals surface area contributed by atoms with Crippen molar-refractivity contribution in [1.29, 1.82) is 0 Å². The van der Waals surface area contributed by atoms with Gasteiger partial charge in [-0.3, -0.25) is 0 Å². The summed E-state index contributed by atoms with van der Waals surface area (Å²) in [6.45, 7) is 0. The first-order valence-electron chi connectivity index (χ1n) is 3.76. The van der Waals surface area contributed by atoms with Crippen molar-refractivity contribution in [2.75, 3.05) is 7.11 Å². The smallest absolute Gasteiger partial charge is 0.337 e. The van der Waals surface area contributed by atoms with Gasteiger partial charge in [-0.15, -0.1) is 0 Å². The van der Waals surface area contributed by atoms with Crippen LogP contribution in [0.2, 0.25) is 0 Å². The van der Waals surface area contributed by atoms with Gasteiger partial charge in [-0.1, -0.05) is 0 Å². The second kappa shape index (κ2) is 4.07. The predicted molar refractivity (Wildman–Crippen MR) is 44.4 cm³/mol. The van der Waals surface area contributed by atoms with E-state index in [0.717, 1.165) is 7.11 Å². The molecule has 0 fully saturated rings. The van der Waals surface area contributed by atoms with Gasteiger partial charge in [0.1, 0.15) is 5.69 Å². The highest BCUT2D eigenvalue weighted by molar-refractivity contribution is 5.89. The topological polar surface area (TPSA) is 79.7 Å². The molecule has 5 nitrogen and oxygen atoms in total. The van der Waals surface area contributed by atoms with E-state index in [0.29, 0.717) is 6.07 Å². The van der Waals surface area contributed by atoms with Crippen LogP contribution in [0.15, 0.2) is 6.07 Å². The van der Waals surface area contributed by atoms with Crippen LogP contribution in [0.5, 0.6) is 11.6 Å². The average Bonchev–Trinajstić information content (AvgIpc) is 2.16. The quantitative estimate of drug-likeness (QED) is 0.803. The van der Waals surface area contributed by atoms with Crippen molar-refractivity contribution in [2.45, 2.75) is 6.43 Å². The average molecular weight is 219 g/mol. The highest BCUT2D eigenvalue weighted by Crippen LogP contribution is 2.30. The first-order chi connectivity index (χ1) is 6.97. The number of carboxylic acids is 1. The predicted octanol–water partition coefficient (Wildman–Crippen LogP) is 1.43. The van der Waals surface area contributed by atoms with Crippen LogP contribution in [0.3, 0.4) is 0 Å². The molecule has 1 aromatic rings. The summed E-state index contributed by atoms with van der Waals surface area (Å²) in [4.78, 5) is 13.8. The molecule has 2 N–H and O–H groups in total. The van der Waals surface area contributed by atoms with Crippen molar-refractivity contribution < 1.29 is 28.5 Å². The molecule has 0 saturated carbocycles. The number of nitrogens with zero attached hydrogens (tertiary/aromatic N) is 1. The molecule has 0 aliphatic heterocycles. The third-order valence-electron chi connectivity index (χ3n) is 1.63. The maximum atomic E-state index is 12.4. The van der Waals surface area contributed by atoms with E-state index in [1.807, 2.05) is 0 Å². The number of alkyl halides is 2. The molecule has 0 aromatic carbocycles. The van der Waals surface area contributed by atoms with Crippen LogP contribution in [0, 0.1) is 0 Å². The fourth-order valence-electron chi connectivity index (χ4n) is 0.987. The Morgan fingerprint density at radius 3 is 2.60 bits per heavy atom. The lowest BCUT2D eigenvalue weighted by atomic mass is 10.2. The summed E-state index contributed by atoms with van der Waals surface area (Å²) < 4.78 is 29.2. The van der Waals surface area contributed by atoms with E-state index >= 15 is 0 Å². The van der Waals surface area contributed by atoms with Crippen LogP contribution in [0.4, 0.5) is 8.78 Å². The van der Waals surface area contributed by atoms with E-state index in [4.69, 9.17) is 10.2 Å². The van der Waals surface area contributed by atoms with E-state index < -0.39 is 35.3 Å². The fourth-order valence-corrected chi connectivity index (χ4v) is 0.987. The molecule has 1 heterocycles. The summed E-state index contributed by atoms with van der Waals surface area (Å²) in [5.41, 5.74) is -1.68. The Kier molecular flexibility index (Phi) is 3.03. The fraction of sp³-hybridized carbons (Fsp3) is 0.250. The van der Waals surface area contributed by atoms with Crippen molar-refractivity contribution in [3.8, 4) is 11.6 Å². The Balaban J connectivity index is 3.38. The SMILES string of the molecule is COc1nc(C(F)F)c(C(=O)O)cc1O. The molecular weight excluding hydrogens is 212 g/mol. The van der Waals surface area contributed by atoms with Crippen molar-refractivity contribution in [3.05, 3.63) is 17.3 Å². The van der Waals surface area contributed by atoms with Gasteiger partial charge in [0.25, 0.3) is 12.3 Å². The zero-order valence-electron chi connectivity index (χ0n) is 7.57. The summed E-state index contributed by atoms with van der Waals surface area (Å²) >= 11 is 0. The summed E-state index contributed by atoms with van der Waals surface area (Å²) in [6, 6.07) is 0.676. The molecule has 0 radical (unpaired) electrons. The van der Waals surface area contributed by atoms with Crippen molar-refractivity contribution in [3.63, 3.8) is 0 Å². The molecule has 1 aromatic heterocycles. The standard InChI is InChI=1S/C8H7F2NO4/c1-15-7-4(12)2-3(8(13)14)5(11-7)6(9)10/h2,6,12H,1H3,(H,13,14). The number of aromatic nitrogens is 1. The highest BCUT2D eigenvalue weighted by Gasteiger charge is 2.23. The Morgan fingerprint density at radius 2 is 2.20 bits per heavy atom. The molecule has 82 valence electrons. The minimum absolute atomic E-state index is 0.435. The van der Waals surface area contributed by atoms with E-state index in [9.17, 15) is 13.6 Å². The number of aromatic hydroxyl groups is 1. The molecule has 0 aliphatic rings. The highest BCUT2D eigenvalue weighted by atomic mass is 19.3. The summed E-state index contributed by atoms with van der Waals surface area (Å²) in [5, 5.41) is 17.7. The number of rotatable bonds is 3. The van der Waals surface area contributed by atoms with E-state index in [-0.39, 0.29) is 0 Å². The van der Waals surface area contributed by atoms with Crippen molar-refractivity contribution in [2.24, 2.45) is 0 Å². The van der Waals surface area contributed by atoms with Gasteiger partial charge >= 0.3 is 5.97 Å². The lowest BCUT2D eigenvalue weighted by Crippen LogP contribution is -2.06. The zero-order chi connectivity index (χ0) is 11.6. The van der Waals surface area contributed by atoms with Gasteiger partial charge in [0.15, 0.2) is 5.75 Å². The Bertz CT molecular complexity index is 394. The van der Waals surface area contributed by atoms with Crippen molar-refractivity contribution in [1.82, 2.24) is 4.98 Å². The number of carboxylic acid groups (broad SMARTS) is 1. The number of ether oxygens (including phenoxy) is 1. The molecule has 0 amide bonds. The molecule has 1 rings (SSSR count). The van der Waals surface area contributed by atoms with Crippen LogP contribution in [-0.2, 0) is 0 Å². The van der Waals surface area contributed by atoms with Gasteiger partial charge in [0.2, 0.25) is 0 Å². The molecule has 0 aliphatic carbocycles. The molecule has 0 saturated heterocycles. The number of methoxy groups -OCH3 is 1. The summed E-state index contributed by atoms with van der Waals surface area (Å²) in [7, 11) is 1.12. The summed E-state index contributed by atoms with van der Waals surface area (Å²) in [6.07, 6.45) is -3.05. The van der Waals surface area contributed by atoms with Crippen LogP contribution in [-0.4, -0.2) is 28.3 Å². The van der Waals surface area contributed by atoms with Gasteiger partial charge in [-0.05, 0) is 0 Å². The first kappa shape index (κ1) is 11.2. The van der Waals surface area contributed by atoms with Crippen LogP contribution in [0.1, 0.15) is 22.5 Å². The van der Waals surface area contributed by atoms with E-state index in [2.05, 4.69) is 9.72 Å². The molecule has 0 bridgehead atoms. The number of pyridine rings is 1. The lowest BCUT2D eigenvalue weighted by molar-refractivity contribution is 0.0681. The van der Waals surface area contributed by atoms with Crippen LogP contribution >= 0.6 is 0 Å². The maximum absolute atomic E-state index is 12.4. The van der Waals surface area contributed by atoms with Crippen LogP contribution in [0.25, 0.3) is 0 Å². The second-order valence-corrected chi connectivity index (χ2v) is 2.56. The third-order valence-corrected chi connectivity index (χ3v) is 1.63. The molecule has 0 atom stereocenters. The Morgan fingerprint density at radius 1 is 1.60 bits per heavy atom. The Labute approximate surface area is 82.9 Å². The minimum Gasteiger partial charge on any atom is -0.503 e. The number of halogens is 2.